The Morgan fingerprint density at radius 3 is 2.58 bits per heavy atom. The molecule has 19 heavy (non-hydrogen) atoms. The summed E-state index contributed by atoms with van der Waals surface area (Å²) in [5, 5.41) is 12.0. The van der Waals surface area contributed by atoms with Gasteiger partial charge in [0, 0.05) is 21.1 Å². The molecule has 0 unspecified atom stereocenters. The van der Waals surface area contributed by atoms with Crippen molar-refractivity contribution >= 4 is 46.1 Å². The zero-order valence-corrected chi connectivity index (χ0v) is 13.6. The highest BCUT2D eigenvalue weighted by Crippen LogP contribution is 2.20. The molecule has 104 valence electrons. The van der Waals surface area contributed by atoms with Crippen LogP contribution in [0.1, 0.15) is 37.0 Å². The molecule has 0 spiro atoms. The molecule has 0 atom stereocenters. The smallest absolute Gasteiger partial charge is 0.303 e. The second-order valence-electron chi connectivity index (χ2n) is 4.86. The van der Waals surface area contributed by atoms with Gasteiger partial charge in [0.05, 0.1) is 5.02 Å². The SMILES string of the molecule is CC(C)(CCC(=O)O)NC(=O)c1ccc(I)c(Cl)c1. The first-order chi connectivity index (χ1) is 8.71. The van der Waals surface area contributed by atoms with E-state index in [0.717, 1.165) is 3.57 Å². The average molecular weight is 396 g/mol. The van der Waals surface area contributed by atoms with Crippen molar-refractivity contribution in [3.63, 3.8) is 0 Å². The maximum absolute atomic E-state index is 12.0. The maximum Gasteiger partial charge on any atom is 0.303 e. The predicted octanol–water partition coefficient (Wildman–Crippen LogP) is 3.32. The lowest BCUT2D eigenvalue weighted by Crippen LogP contribution is -2.43. The van der Waals surface area contributed by atoms with Crippen LogP contribution in [0.3, 0.4) is 0 Å². The van der Waals surface area contributed by atoms with Crippen LogP contribution in [0.2, 0.25) is 5.02 Å². The Morgan fingerprint density at radius 2 is 2.05 bits per heavy atom. The van der Waals surface area contributed by atoms with Gasteiger partial charge in [0.1, 0.15) is 0 Å². The number of amides is 1. The van der Waals surface area contributed by atoms with Crippen LogP contribution in [0.25, 0.3) is 0 Å². The van der Waals surface area contributed by atoms with Gasteiger partial charge in [-0.25, -0.2) is 0 Å². The normalized spacial score (nSPS) is 11.2. The first kappa shape index (κ1) is 16.2. The fraction of sp³-hybridized carbons (Fsp3) is 0.385. The number of carbonyl (C=O) groups is 2. The molecule has 0 saturated carbocycles. The topological polar surface area (TPSA) is 66.4 Å². The highest BCUT2D eigenvalue weighted by atomic mass is 127. The van der Waals surface area contributed by atoms with Gasteiger partial charge in [-0.2, -0.15) is 0 Å². The molecule has 0 heterocycles. The first-order valence-electron chi connectivity index (χ1n) is 5.70. The molecule has 0 aliphatic heterocycles. The van der Waals surface area contributed by atoms with Crippen LogP contribution in [0.5, 0.6) is 0 Å². The van der Waals surface area contributed by atoms with Gasteiger partial charge in [-0.1, -0.05) is 11.6 Å². The molecular weight excluding hydrogens is 381 g/mol. The van der Waals surface area contributed by atoms with E-state index in [9.17, 15) is 9.59 Å². The zero-order valence-electron chi connectivity index (χ0n) is 10.7. The second-order valence-corrected chi connectivity index (χ2v) is 6.43. The molecule has 1 amide bonds. The minimum atomic E-state index is -0.875. The van der Waals surface area contributed by atoms with E-state index in [-0.39, 0.29) is 12.3 Å². The van der Waals surface area contributed by atoms with Crippen molar-refractivity contribution in [3.8, 4) is 0 Å². The van der Waals surface area contributed by atoms with E-state index >= 15 is 0 Å². The van der Waals surface area contributed by atoms with E-state index in [1.54, 1.807) is 32.0 Å². The summed E-state index contributed by atoms with van der Waals surface area (Å²) in [7, 11) is 0. The number of carbonyl (C=O) groups excluding carboxylic acids is 1. The molecule has 6 heteroatoms. The van der Waals surface area contributed by atoms with E-state index in [1.165, 1.54) is 0 Å². The lowest BCUT2D eigenvalue weighted by Gasteiger charge is -2.25. The molecule has 0 saturated heterocycles. The number of rotatable bonds is 5. The summed E-state index contributed by atoms with van der Waals surface area (Å²) in [5.74, 6) is -1.13. The molecule has 0 aromatic heterocycles. The van der Waals surface area contributed by atoms with Gasteiger partial charge in [-0.05, 0) is 61.1 Å². The third-order valence-electron chi connectivity index (χ3n) is 2.60. The van der Waals surface area contributed by atoms with Gasteiger partial charge in [0.15, 0.2) is 0 Å². The van der Waals surface area contributed by atoms with Crippen LogP contribution < -0.4 is 5.32 Å². The summed E-state index contributed by atoms with van der Waals surface area (Å²) >= 11 is 8.05. The van der Waals surface area contributed by atoms with E-state index in [2.05, 4.69) is 27.9 Å². The number of benzene rings is 1. The van der Waals surface area contributed by atoms with Gasteiger partial charge in [-0.15, -0.1) is 0 Å². The fourth-order valence-electron chi connectivity index (χ4n) is 1.50. The molecule has 1 aromatic rings. The van der Waals surface area contributed by atoms with Crippen molar-refractivity contribution in [2.24, 2.45) is 0 Å². The van der Waals surface area contributed by atoms with Gasteiger partial charge in [-0.3, -0.25) is 9.59 Å². The largest absolute Gasteiger partial charge is 0.481 e. The van der Waals surface area contributed by atoms with E-state index < -0.39 is 11.5 Å². The van der Waals surface area contributed by atoms with Crippen LogP contribution in [0, 0.1) is 3.57 Å². The Morgan fingerprint density at radius 1 is 1.42 bits per heavy atom. The summed E-state index contributed by atoms with van der Waals surface area (Å²) in [6.07, 6.45) is 0.382. The van der Waals surface area contributed by atoms with Crippen molar-refractivity contribution in [1.29, 1.82) is 0 Å². The third-order valence-corrected chi connectivity index (χ3v) is 4.17. The average Bonchev–Trinajstić information content (AvgIpc) is 2.29. The number of carboxylic acids is 1. The standard InChI is InChI=1S/C13H15ClINO3/c1-13(2,6-5-11(17)18)16-12(19)8-3-4-10(15)9(14)7-8/h3-4,7H,5-6H2,1-2H3,(H,16,19)(H,17,18). The third kappa shape index (κ3) is 5.36. The lowest BCUT2D eigenvalue weighted by atomic mass is 9.98. The molecule has 1 rings (SSSR count). The van der Waals surface area contributed by atoms with Crippen molar-refractivity contribution in [3.05, 3.63) is 32.4 Å². The number of hydrogen-bond acceptors (Lipinski definition) is 2. The molecule has 4 nitrogen and oxygen atoms in total. The van der Waals surface area contributed by atoms with Gasteiger partial charge >= 0.3 is 5.97 Å². The Labute approximate surface area is 130 Å². The van der Waals surface area contributed by atoms with Crippen molar-refractivity contribution in [1.82, 2.24) is 5.32 Å². The number of hydrogen-bond donors (Lipinski definition) is 2. The Hall–Kier alpha value is -0.820. The zero-order chi connectivity index (χ0) is 14.6. The number of aliphatic carboxylic acids is 1. The van der Waals surface area contributed by atoms with Crippen molar-refractivity contribution < 1.29 is 14.7 Å². The minimum Gasteiger partial charge on any atom is -0.481 e. The molecule has 0 bridgehead atoms. The summed E-state index contributed by atoms with van der Waals surface area (Å²) in [5.41, 5.74) is -0.112. The van der Waals surface area contributed by atoms with Crippen LogP contribution in [0.15, 0.2) is 18.2 Å². The summed E-state index contributed by atoms with van der Waals surface area (Å²) in [4.78, 5) is 22.6. The first-order valence-corrected chi connectivity index (χ1v) is 7.16. The van der Waals surface area contributed by atoms with Crippen molar-refractivity contribution in [2.75, 3.05) is 0 Å². The van der Waals surface area contributed by atoms with E-state index in [0.29, 0.717) is 17.0 Å². The van der Waals surface area contributed by atoms with Crippen molar-refractivity contribution in [2.45, 2.75) is 32.2 Å². The second kappa shape index (κ2) is 6.56. The molecule has 1 aromatic carbocycles. The summed E-state index contributed by atoms with van der Waals surface area (Å²) in [6.45, 7) is 3.59. The molecular formula is C13H15ClINO3. The maximum atomic E-state index is 12.0. The van der Waals surface area contributed by atoms with Gasteiger partial charge in [0.25, 0.3) is 5.91 Å². The monoisotopic (exact) mass is 395 g/mol. The lowest BCUT2D eigenvalue weighted by molar-refractivity contribution is -0.137. The molecule has 0 radical (unpaired) electrons. The van der Waals surface area contributed by atoms with E-state index in [1.807, 2.05) is 0 Å². The predicted molar refractivity (Wildman–Crippen MR) is 82.6 cm³/mol. The Kier molecular flexibility index (Phi) is 5.61. The highest BCUT2D eigenvalue weighted by Gasteiger charge is 2.22. The van der Waals surface area contributed by atoms with Crippen LogP contribution in [-0.2, 0) is 4.79 Å². The van der Waals surface area contributed by atoms with Crippen LogP contribution in [-0.4, -0.2) is 22.5 Å². The quantitative estimate of drug-likeness (QED) is 0.752. The van der Waals surface area contributed by atoms with Gasteiger partial charge < -0.3 is 10.4 Å². The van der Waals surface area contributed by atoms with Gasteiger partial charge in [0.2, 0.25) is 0 Å². The number of carboxylic acid groups (broad SMARTS) is 1. The molecule has 0 aliphatic rings. The van der Waals surface area contributed by atoms with E-state index in [4.69, 9.17) is 16.7 Å². The Bertz CT molecular complexity index is 503. The Balaban J connectivity index is 2.72. The summed E-state index contributed by atoms with van der Waals surface area (Å²) < 4.78 is 0.876. The van der Waals surface area contributed by atoms with Crippen LogP contribution >= 0.6 is 34.2 Å². The fourth-order valence-corrected chi connectivity index (χ4v) is 2.01. The molecule has 0 aliphatic carbocycles. The summed E-state index contributed by atoms with van der Waals surface area (Å²) in [6, 6.07) is 5.06. The van der Waals surface area contributed by atoms with Crippen LogP contribution in [0.4, 0.5) is 0 Å². The molecule has 2 N–H and O–H groups in total. The highest BCUT2D eigenvalue weighted by molar-refractivity contribution is 14.1. The minimum absolute atomic E-state index is 0.0146. The molecule has 0 fully saturated rings. The number of nitrogens with one attached hydrogen (secondary N) is 1. The number of halogens is 2.